The minimum Gasteiger partial charge on any atom is -0.488 e. The average molecular weight is 523 g/mol. The molecule has 0 saturated carbocycles. The molecule has 9 heteroatoms. The minimum atomic E-state index is -0.486. The van der Waals surface area contributed by atoms with Crippen molar-refractivity contribution in [2.45, 2.75) is 13.2 Å². The molecule has 0 unspecified atom stereocenters. The summed E-state index contributed by atoms with van der Waals surface area (Å²) in [4.78, 5) is 21.8. The van der Waals surface area contributed by atoms with Crippen molar-refractivity contribution < 1.29 is 23.7 Å². The third-order valence-corrected chi connectivity index (χ3v) is 5.96. The lowest BCUT2D eigenvalue weighted by atomic mass is 10.1. The first-order valence-electron chi connectivity index (χ1n) is 12.0. The molecule has 5 rings (SSSR count). The second-order valence-electron chi connectivity index (χ2n) is 8.59. The molecule has 0 amide bonds. The van der Waals surface area contributed by atoms with Crippen LogP contribution in [0.25, 0.3) is 22.6 Å². The Morgan fingerprint density at radius 1 is 0.564 bits per heavy atom. The lowest BCUT2D eigenvalue weighted by Gasteiger charge is -2.11. The van der Waals surface area contributed by atoms with Crippen molar-refractivity contribution in [1.82, 2.24) is 0 Å². The van der Waals surface area contributed by atoms with E-state index in [2.05, 4.69) is 0 Å². The topological polar surface area (TPSA) is 118 Å². The van der Waals surface area contributed by atoms with Crippen molar-refractivity contribution in [3.05, 3.63) is 141 Å². The van der Waals surface area contributed by atoms with Crippen molar-refractivity contribution in [3.63, 3.8) is 0 Å². The van der Waals surface area contributed by atoms with Crippen molar-refractivity contribution in [3.8, 4) is 34.1 Å². The first-order chi connectivity index (χ1) is 19.0. The zero-order chi connectivity index (χ0) is 27.2. The Morgan fingerprint density at radius 2 is 0.974 bits per heavy atom. The van der Waals surface area contributed by atoms with E-state index in [1.807, 2.05) is 60.7 Å². The lowest BCUT2D eigenvalue weighted by Crippen LogP contribution is -1.98. The highest BCUT2D eigenvalue weighted by Crippen LogP contribution is 2.40. The van der Waals surface area contributed by atoms with Gasteiger partial charge in [-0.25, -0.2) is 0 Å². The van der Waals surface area contributed by atoms with Gasteiger partial charge in [0, 0.05) is 12.1 Å². The van der Waals surface area contributed by atoms with Gasteiger partial charge in [-0.2, -0.15) is 0 Å². The number of nitro groups is 2. The Kier molecular flexibility index (Phi) is 7.31. The van der Waals surface area contributed by atoms with Crippen molar-refractivity contribution in [1.29, 1.82) is 0 Å². The summed E-state index contributed by atoms with van der Waals surface area (Å²) in [6.45, 7) is 0.421. The number of rotatable bonds is 10. The number of ether oxygens (including phenoxy) is 2. The number of furan rings is 1. The molecule has 1 heterocycles. The maximum Gasteiger partial charge on any atom is 0.273 e. The Balaban J connectivity index is 1.48. The molecule has 194 valence electrons. The zero-order valence-electron chi connectivity index (χ0n) is 20.6. The summed E-state index contributed by atoms with van der Waals surface area (Å²) < 4.78 is 18.1. The smallest absolute Gasteiger partial charge is 0.273 e. The number of nitro benzene ring substituents is 2. The van der Waals surface area contributed by atoms with Crippen LogP contribution < -0.4 is 9.47 Å². The molecule has 39 heavy (non-hydrogen) atoms. The summed E-state index contributed by atoms with van der Waals surface area (Å²) in [6.07, 6.45) is 0. The first-order valence-corrected chi connectivity index (χ1v) is 12.0. The molecule has 0 spiro atoms. The summed E-state index contributed by atoms with van der Waals surface area (Å²) in [5.74, 6) is 1.40. The van der Waals surface area contributed by atoms with Crippen molar-refractivity contribution >= 4 is 11.4 Å². The fraction of sp³-hybridized carbons (Fsp3) is 0.0667. The number of nitrogens with zero attached hydrogens (tertiary/aromatic N) is 2. The van der Waals surface area contributed by atoms with Gasteiger partial charge in [0.25, 0.3) is 11.4 Å². The average Bonchev–Trinajstić information content (AvgIpc) is 3.45. The molecule has 5 aromatic rings. The highest BCUT2D eigenvalue weighted by Gasteiger charge is 2.20. The van der Waals surface area contributed by atoms with Gasteiger partial charge in [0.2, 0.25) is 0 Å². The van der Waals surface area contributed by atoms with Gasteiger partial charge in [-0.15, -0.1) is 0 Å². The van der Waals surface area contributed by atoms with E-state index in [9.17, 15) is 20.2 Å². The van der Waals surface area contributed by atoms with Crippen LogP contribution in [0.5, 0.6) is 11.5 Å². The van der Waals surface area contributed by atoms with Gasteiger partial charge >= 0.3 is 0 Å². The number of non-ortho nitro benzene ring substituents is 2. The van der Waals surface area contributed by atoms with E-state index in [-0.39, 0.29) is 24.6 Å². The van der Waals surface area contributed by atoms with Gasteiger partial charge in [-0.05, 0) is 35.4 Å². The van der Waals surface area contributed by atoms with E-state index in [4.69, 9.17) is 13.9 Å². The first kappa shape index (κ1) is 25.2. The number of hydrogen-bond donors (Lipinski definition) is 0. The van der Waals surface area contributed by atoms with Crippen LogP contribution >= 0.6 is 0 Å². The SMILES string of the molecule is O=[N+]([O-])c1ccc(-c2ccc(-c3ccc([N+](=O)[O-])cc3OCc3ccccc3)o2)c(OCc2ccccc2)c1. The van der Waals surface area contributed by atoms with Crippen molar-refractivity contribution in [2.24, 2.45) is 0 Å². The summed E-state index contributed by atoms with van der Waals surface area (Å²) in [5.41, 5.74) is 2.64. The summed E-state index contributed by atoms with van der Waals surface area (Å²) >= 11 is 0. The van der Waals surface area contributed by atoms with Gasteiger partial charge in [-0.1, -0.05) is 60.7 Å². The Hall–Kier alpha value is -5.44. The van der Waals surface area contributed by atoms with E-state index < -0.39 is 9.85 Å². The standard InChI is InChI=1S/C30H22N2O7/c33-31(34)23-11-13-25(29(17-23)37-19-21-7-3-1-4-8-21)27-15-16-28(39-27)26-14-12-24(32(35)36)18-30(26)38-20-22-9-5-2-6-10-22/h1-18H,19-20H2. The van der Waals surface area contributed by atoms with E-state index in [1.165, 1.54) is 24.3 Å². The Bertz CT molecular complexity index is 1500. The minimum absolute atomic E-state index is 0.111. The molecule has 0 aliphatic rings. The zero-order valence-corrected chi connectivity index (χ0v) is 20.6. The molecule has 0 N–H and O–H groups in total. The largest absolute Gasteiger partial charge is 0.488 e. The maximum atomic E-state index is 11.4. The maximum absolute atomic E-state index is 11.4. The number of hydrogen-bond acceptors (Lipinski definition) is 7. The highest BCUT2D eigenvalue weighted by molar-refractivity contribution is 5.74. The van der Waals surface area contributed by atoms with Crippen LogP contribution in [0.4, 0.5) is 11.4 Å². The van der Waals surface area contributed by atoms with Crippen LogP contribution in [0.1, 0.15) is 11.1 Å². The summed E-state index contributed by atoms with van der Waals surface area (Å²) in [7, 11) is 0. The second kappa shape index (κ2) is 11.3. The van der Waals surface area contributed by atoms with E-state index in [0.29, 0.717) is 34.1 Å². The molecular weight excluding hydrogens is 500 g/mol. The van der Waals surface area contributed by atoms with E-state index in [1.54, 1.807) is 24.3 Å². The van der Waals surface area contributed by atoms with Crippen LogP contribution in [0.2, 0.25) is 0 Å². The van der Waals surface area contributed by atoms with Gasteiger partial charge in [0.15, 0.2) is 0 Å². The Labute approximate surface area is 223 Å². The molecule has 4 aromatic carbocycles. The van der Waals surface area contributed by atoms with E-state index >= 15 is 0 Å². The molecule has 0 radical (unpaired) electrons. The third kappa shape index (κ3) is 5.94. The molecule has 0 fully saturated rings. The van der Waals surface area contributed by atoms with Crippen LogP contribution in [0.15, 0.2) is 114 Å². The molecule has 9 nitrogen and oxygen atoms in total. The molecule has 0 bridgehead atoms. The normalized spacial score (nSPS) is 10.7. The Morgan fingerprint density at radius 3 is 1.36 bits per heavy atom. The molecule has 0 aliphatic heterocycles. The summed E-state index contributed by atoms with van der Waals surface area (Å²) in [6, 6.07) is 31.0. The summed E-state index contributed by atoms with van der Waals surface area (Å²) in [5, 5.41) is 22.8. The third-order valence-electron chi connectivity index (χ3n) is 5.96. The van der Waals surface area contributed by atoms with Crippen LogP contribution in [-0.4, -0.2) is 9.85 Å². The number of benzene rings is 4. The van der Waals surface area contributed by atoms with E-state index in [0.717, 1.165) is 11.1 Å². The molecule has 0 saturated heterocycles. The van der Waals surface area contributed by atoms with Gasteiger partial charge in [-0.3, -0.25) is 20.2 Å². The van der Waals surface area contributed by atoms with Crippen molar-refractivity contribution in [2.75, 3.05) is 0 Å². The molecular formula is C30H22N2O7. The van der Waals surface area contributed by atoms with Gasteiger partial charge < -0.3 is 13.9 Å². The predicted molar refractivity (Wildman–Crippen MR) is 144 cm³/mol. The fourth-order valence-electron chi connectivity index (χ4n) is 3.99. The quantitative estimate of drug-likeness (QED) is 0.137. The molecule has 1 aromatic heterocycles. The second-order valence-corrected chi connectivity index (χ2v) is 8.59. The predicted octanol–water partition coefficient (Wildman–Crippen LogP) is 7.59. The molecule has 0 atom stereocenters. The highest BCUT2D eigenvalue weighted by atomic mass is 16.6. The fourth-order valence-corrected chi connectivity index (χ4v) is 3.99. The van der Waals surface area contributed by atoms with Crippen LogP contribution in [-0.2, 0) is 13.2 Å². The van der Waals surface area contributed by atoms with Crippen LogP contribution in [0, 0.1) is 20.2 Å². The van der Waals surface area contributed by atoms with Crippen LogP contribution in [0.3, 0.4) is 0 Å². The van der Waals surface area contributed by atoms with Gasteiger partial charge in [0.1, 0.15) is 36.2 Å². The monoisotopic (exact) mass is 522 g/mol. The van der Waals surface area contributed by atoms with Gasteiger partial charge in [0.05, 0.1) is 33.1 Å². The lowest BCUT2D eigenvalue weighted by molar-refractivity contribution is -0.385. The molecule has 0 aliphatic carbocycles.